The molecule has 2 heterocycles. The first-order chi connectivity index (χ1) is 10.1. The Morgan fingerprint density at radius 2 is 1.91 bits per heavy atom. The molecule has 7 heteroatoms. The lowest BCUT2D eigenvalue weighted by molar-refractivity contribution is -0.684. The number of halogens is 1. The molecule has 0 saturated carbocycles. The molecule has 0 spiro atoms. The van der Waals surface area contributed by atoms with Gasteiger partial charge in [-0.1, -0.05) is 6.07 Å². The van der Waals surface area contributed by atoms with Crippen LogP contribution < -0.4 is 26.4 Å². The smallest absolute Gasteiger partial charge is 0.228 e. The van der Waals surface area contributed by atoms with E-state index in [0.717, 1.165) is 12.2 Å². The first kappa shape index (κ1) is 18.2. The van der Waals surface area contributed by atoms with E-state index >= 15 is 0 Å². The number of pyridine rings is 1. The standard InChI is InChI=1S/C15H20N5O.BrH/c1-19(2)15-17-12-16-14(18-15)8-6-7-13(21)11-20-9-4-3-5-10-20;/h3-5,9-10,12H,6-8,11H2,1-2H3;1H/q+1;/p-1. The highest BCUT2D eigenvalue weighted by Gasteiger charge is 2.09. The summed E-state index contributed by atoms with van der Waals surface area (Å²) in [6.07, 6.45) is 7.28. The van der Waals surface area contributed by atoms with Crippen LogP contribution in [0.15, 0.2) is 36.9 Å². The molecule has 2 aromatic heterocycles. The number of carbonyl (C=O) groups excluding carboxylic acids is 1. The lowest BCUT2D eigenvalue weighted by Crippen LogP contribution is -3.00. The van der Waals surface area contributed by atoms with Crippen molar-refractivity contribution >= 4 is 11.7 Å². The molecule has 0 aliphatic heterocycles. The molecule has 0 bridgehead atoms. The molecule has 0 unspecified atom stereocenters. The zero-order chi connectivity index (χ0) is 15.1. The molecular formula is C15H20BrN5O. The Hall–Kier alpha value is -1.89. The number of carbonyl (C=O) groups is 1. The summed E-state index contributed by atoms with van der Waals surface area (Å²) >= 11 is 0. The van der Waals surface area contributed by atoms with Gasteiger partial charge in [0.2, 0.25) is 12.5 Å². The molecule has 0 radical (unpaired) electrons. The third-order valence-corrected chi connectivity index (χ3v) is 3.00. The Labute approximate surface area is 141 Å². The Balaban J connectivity index is 0.00000242. The molecule has 0 saturated heterocycles. The molecule has 2 aromatic rings. The van der Waals surface area contributed by atoms with Crippen LogP contribution in [-0.4, -0.2) is 34.8 Å². The van der Waals surface area contributed by atoms with E-state index in [1.165, 1.54) is 6.33 Å². The summed E-state index contributed by atoms with van der Waals surface area (Å²) in [7, 11) is 3.78. The van der Waals surface area contributed by atoms with Gasteiger partial charge in [-0.05, 0) is 6.42 Å². The first-order valence-electron chi connectivity index (χ1n) is 6.96. The average molecular weight is 366 g/mol. The van der Waals surface area contributed by atoms with Crippen molar-refractivity contribution in [1.82, 2.24) is 15.0 Å². The minimum Gasteiger partial charge on any atom is -1.00 e. The number of aromatic nitrogens is 4. The van der Waals surface area contributed by atoms with E-state index in [-0.39, 0.29) is 22.8 Å². The molecular weight excluding hydrogens is 346 g/mol. The van der Waals surface area contributed by atoms with Gasteiger partial charge in [-0.3, -0.25) is 4.79 Å². The zero-order valence-corrected chi connectivity index (χ0v) is 14.4. The van der Waals surface area contributed by atoms with Crippen LogP contribution in [0.1, 0.15) is 18.7 Å². The molecule has 2 rings (SSSR count). The van der Waals surface area contributed by atoms with Crippen LogP contribution in [0.2, 0.25) is 0 Å². The van der Waals surface area contributed by atoms with Crippen LogP contribution in [0.5, 0.6) is 0 Å². The van der Waals surface area contributed by atoms with Gasteiger partial charge in [-0.25, -0.2) is 9.97 Å². The minimum atomic E-state index is 0. The second kappa shape index (κ2) is 9.19. The first-order valence-corrected chi connectivity index (χ1v) is 6.96. The normalized spacial score (nSPS) is 9.91. The number of Topliss-reactive ketones (excluding diaryl/α,β-unsaturated/α-hetero) is 1. The van der Waals surface area contributed by atoms with Crippen molar-refractivity contribution in [2.24, 2.45) is 0 Å². The fourth-order valence-corrected chi connectivity index (χ4v) is 1.92. The molecule has 0 amide bonds. The van der Waals surface area contributed by atoms with Gasteiger partial charge in [0.15, 0.2) is 18.2 Å². The molecule has 0 aliphatic carbocycles. The average Bonchev–Trinajstić information content (AvgIpc) is 2.48. The molecule has 0 N–H and O–H groups in total. The highest BCUT2D eigenvalue weighted by Crippen LogP contribution is 2.04. The van der Waals surface area contributed by atoms with Crippen molar-refractivity contribution < 1.29 is 26.3 Å². The summed E-state index contributed by atoms with van der Waals surface area (Å²) in [5.74, 6) is 1.59. The van der Waals surface area contributed by atoms with Crippen molar-refractivity contribution in [3.63, 3.8) is 0 Å². The second-order valence-corrected chi connectivity index (χ2v) is 5.04. The topological polar surface area (TPSA) is 62.9 Å². The van der Waals surface area contributed by atoms with Gasteiger partial charge in [-0.2, -0.15) is 9.55 Å². The van der Waals surface area contributed by atoms with E-state index in [1.807, 2.05) is 54.2 Å². The fourth-order valence-electron chi connectivity index (χ4n) is 1.92. The van der Waals surface area contributed by atoms with E-state index in [9.17, 15) is 4.79 Å². The maximum absolute atomic E-state index is 11.9. The van der Waals surface area contributed by atoms with Crippen molar-refractivity contribution in [2.45, 2.75) is 25.8 Å². The van der Waals surface area contributed by atoms with E-state index in [0.29, 0.717) is 25.3 Å². The molecule has 118 valence electrons. The maximum atomic E-state index is 11.9. The van der Waals surface area contributed by atoms with Gasteiger partial charge >= 0.3 is 0 Å². The third-order valence-electron chi connectivity index (χ3n) is 3.00. The molecule has 6 nitrogen and oxygen atoms in total. The van der Waals surface area contributed by atoms with Crippen molar-refractivity contribution in [3.05, 3.63) is 42.7 Å². The molecule has 0 aliphatic rings. The van der Waals surface area contributed by atoms with Crippen LogP contribution in [0.4, 0.5) is 5.95 Å². The molecule has 0 fully saturated rings. The van der Waals surface area contributed by atoms with Crippen LogP contribution in [0.3, 0.4) is 0 Å². The number of hydrogen-bond acceptors (Lipinski definition) is 5. The Morgan fingerprint density at radius 1 is 1.18 bits per heavy atom. The quantitative estimate of drug-likeness (QED) is 0.522. The molecule has 0 aromatic carbocycles. The summed E-state index contributed by atoms with van der Waals surface area (Å²) in [5, 5.41) is 0. The Bertz CT molecular complexity index is 591. The van der Waals surface area contributed by atoms with E-state index in [2.05, 4.69) is 15.0 Å². The fraction of sp³-hybridized carbons (Fsp3) is 0.400. The second-order valence-electron chi connectivity index (χ2n) is 5.04. The van der Waals surface area contributed by atoms with Gasteiger partial charge in [0, 0.05) is 39.1 Å². The van der Waals surface area contributed by atoms with Gasteiger partial charge in [0.05, 0.1) is 0 Å². The largest absolute Gasteiger partial charge is 1.00 e. The minimum absolute atomic E-state index is 0. The number of aryl methyl sites for hydroxylation is 1. The zero-order valence-electron chi connectivity index (χ0n) is 12.8. The summed E-state index contributed by atoms with van der Waals surface area (Å²) in [6, 6.07) is 5.77. The van der Waals surface area contributed by atoms with Crippen molar-refractivity contribution in [1.29, 1.82) is 0 Å². The van der Waals surface area contributed by atoms with Gasteiger partial charge in [-0.15, -0.1) is 0 Å². The van der Waals surface area contributed by atoms with Crippen LogP contribution in [-0.2, 0) is 17.8 Å². The third kappa shape index (κ3) is 5.85. The van der Waals surface area contributed by atoms with E-state index in [1.54, 1.807) is 0 Å². The Morgan fingerprint density at radius 3 is 2.59 bits per heavy atom. The van der Waals surface area contributed by atoms with Crippen molar-refractivity contribution in [2.75, 3.05) is 19.0 Å². The van der Waals surface area contributed by atoms with E-state index < -0.39 is 0 Å². The molecule has 0 atom stereocenters. The Kier molecular flexibility index (Phi) is 7.59. The van der Waals surface area contributed by atoms with Crippen LogP contribution in [0.25, 0.3) is 0 Å². The highest BCUT2D eigenvalue weighted by molar-refractivity contribution is 5.76. The van der Waals surface area contributed by atoms with Crippen molar-refractivity contribution in [3.8, 4) is 0 Å². The lowest BCUT2D eigenvalue weighted by Gasteiger charge is -2.09. The van der Waals surface area contributed by atoms with Crippen LogP contribution in [0, 0.1) is 0 Å². The molecule has 22 heavy (non-hydrogen) atoms. The lowest BCUT2D eigenvalue weighted by atomic mass is 10.1. The van der Waals surface area contributed by atoms with E-state index in [4.69, 9.17) is 0 Å². The summed E-state index contributed by atoms with van der Waals surface area (Å²) < 4.78 is 1.88. The SMILES string of the molecule is CN(C)c1ncnc(CCCC(=O)C[n+]2ccccc2)n1.[Br-]. The van der Waals surface area contributed by atoms with Gasteiger partial charge < -0.3 is 21.9 Å². The monoisotopic (exact) mass is 365 g/mol. The van der Waals surface area contributed by atoms with Gasteiger partial charge in [0.1, 0.15) is 12.2 Å². The number of ketones is 1. The van der Waals surface area contributed by atoms with Gasteiger partial charge in [0.25, 0.3) is 0 Å². The van der Waals surface area contributed by atoms with Crippen LogP contribution >= 0.6 is 0 Å². The number of anilines is 1. The highest BCUT2D eigenvalue weighted by atomic mass is 79.9. The summed E-state index contributed by atoms with van der Waals surface area (Å²) in [5.41, 5.74) is 0. The number of nitrogens with zero attached hydrogens (tertiary/aromatic N) is 5. The maximum Gasteiger partial charge on any atom is 0.228 e. The summed E-state index contributed by atoms with van der Waals surface area (Å²) in [6.45, 7) is 0.418. The number of rotatable bonds is 7. The predicted octanol–water partition coefficient (Wildman–Crippen LogP) is -2.18. The number of hydrogen-bond donors (Lipinski definition) is 0. The summed E-state index contributed by atoms with van der Waals surface area (Å²) in [4.78, 5) is 26.3. The predicted molar refractivity (Wildman–Crippen MR) is 78.7 cm³/mol.